The highest BCUT2D eigenvalue weighted by atomic mass is 16.3. The van der Waals surface area contributed by atoms with Crippen molar-refractivity contribution in [2.75, 3.05) is 0 Å². The minimum atomic E-state index is -0.683. The van der Waals surface area contributed by atoms with Crippen molar-refractivity contribution in [1.82, 2.24) is 0 Å². The summed E-state index contributed by atoms with van der Waals surface area (Å²) in [6.45, 7) is 6.15. The minimum absolute atomic E-state index is 0.683. The van der Waals surface area contributed by atoms with Gasteiger partial charge in [-0.25, -0.2) is 0 Å². The van der Waals surface area contributed by atoms with E-state index in [1.54, 1.807) is 0 Å². The van der Waals surface area contributed by atoms with Gasteiger partial charge in [0.05, 0.1) is 22.4 Å². The van der Waals surface area contributed by atoms with Gasteiger partial charge >= 0.3 is 0 Å². The maximum atomic E-state index is 6.82. The van der Waals surface area contributed by atoms with Gasteiger partial charge in [-0.3, -0.25) is 9.98 Å². The van der Waals surface area contributed by atoms with E-state index in [1.807, 2.05) is 24.3 Å². The van der Waals surface area contributed by atoms with E-state index in [9.17, 15) is 0 Å². The first-order valence-electron chi connectivity index (χ1n) is 21.7. The number of hydrogen-bond acceptors (Lipinski definition) is 4. The molecule has 0 unspecified atom stereocenters. The zero-order valence-corrected chi connectivity index (χ0v) is 35.0. The van der Waals surface area contributed by atoms with Gasteiger partial charge in [0.2, 0.25) is 0 Å². The number of hydrogen-bond donors (Lipinski definition) is 0. The molecule has 1 aliphatic rings. The molecule has 2 heterocycles. The number of benzene rings is 10. The van der Waals surface area contributed by atoms with Crippen LogP contribution < -0.4 is 0 Å². The van der Waals surface area contributed by atoms with Crippen LogP contribution in [0.1, 0.15) is 34.7 Å². The van der Waals surface area contributed by atoms with Crippen LogP contribution in [0.3, 0.4) is 0 Å². The lowest BCUT2D eigenvalue weighted by atomic mass is 9.67. The second-order valence-electron chi connectivity index (χ2n) is 16.8. The van der Waals surface area contributed by atoms with E-state index in [-0.39, 0.29) is 0 Å². The van der Waals surface area contributed by atoms with Crippen molar-refractivity contribution in [2.24, 2.45) is 9.98 Å². The van der Waals surface area contributed by atoms with E-state index in [0.29, 0.717) is 0 Å². The smallest absolute Gasteiger partial charge is 0.147 e. The van der Waals surface area contributed by atoms with Crippen LogP contribution in [-0.2, 0) is 5.41 Å². The summed E-state index contributed by atoms with van der Waals surface area (Å²) in [4.78, 5) is 10.1. The highest BCUT2D eigenvalue weighted by Gasteiger charge is 2.46. The average Bonchev–Trinajstić information content (AvgIpc) is 4.01. The zero-order chi connectivity index (χ0) is 42.5. The monoisotopic (exact) mass is 818 g/mol. The number of nitrogens with zero attached hydrogens (tertiary/aromatic N) is 2. The van der Waals surface area contributed by atoms with Crippen LogP contribution in [0.4, 0.5) is 11.4 Å². The lowest BCUT2D eigenvalue weighted by Gasteiger charge is -2.34. The molecule has 0 radical (unpaired) electrons. The van der Waals surface area contributed by atoms with Gasteiger partial charge in [-0.2, -0.15) is 0 Å². The fourth-order valence-electron chi connectivity index (χ4n) is 10.8. The van der Waals surface area contributed by atoms with E-state index in [0.717, 1.165) is 99.2 Å². The molecule has 12 aromatic rings. The second-order valence-corrected chi connectivity index (χ2v) is 16.8. The summed E-state index contributed by atoms with van der Waals surface area (Å²) < 4.78 is 13.6. The Morgan fingerprint density at radius 1 is 0.438 bits per heavy atom. The Hall–Kier alpha value is -8.34. The highest BCUT2D eigenvalue weighted by molar-refractivity contribution is 6.23. The maximum absolute atomic E-state index is 6.82. The first kappa shape index (κ1) is 36.3. The Bertz CT molecular complexity index is 3800. The summed E-state index contributed by atoms with van der Waals surface area (Å²) in [6, 6.07) is 71.4. The summed E-state index contributed by atoms with van der Waals surface area (Å²) >= 11 is 0. The molecule has 0 spiro atoms. The molecule has 0 N–H and O–H groups in total. The fraction of sp³-hybridized carbons (Fsp3) is 0.0333. The third-order valence-corrected chi connectivity index (χ3v) is 13.6. The van der Waals surface area contributed by atoms with E-state index in [2.05, 4.69) is 195 Å². The van der Waals surface area contributed by atoms with Crippen LogP contribution in [-0.4, -0.2) is 12.4 Å². The summed E-state index contributed by atoms with van der Waals surface area (Å²) in [5.74, 6) is 0. The molecule has 1 aliphatic carbocycles. The number of para-hydroxylation sites is 2. The molecule has 4 heteroatoms. The van der Waals surface area contributed by atoms with E-state index >= 15 is 0 Å². The lowest BCUT2D eigenvalue weighted by Crippen LogP contribution is -2.28. The largest absolute Gasteiger partial charge is 0.455 e. The van der Waals surface area contributed by atoms with Gasteiger partial charge in [0.1, 0.15) is 22.3 Å². The van der Waals surface area contributed by atoms with Gasteiger partial charge in [-0.15, -0.1) is 0 Å². The first-order chi connectivity index (χ1) is 31.6. The second kappa shape index (κ2) is 13.8. The molecule has 64 heavy (non-hydrogen) atoms. The summed E-state index contributed by atoms with van der Waals surface area (Å²) in [7, 11) is 0. The van der Waals surface area contributed by atoms with Gasteiger partial charge in [0.15, 0.2) is 0 Å². The van der Waals surface area contributed by atoms with Gasteiger partial charge < -0.3 is 8.83 Å². The maximum Gasteiger partial charge on any atom is 0.147 e. The molecule has 300 valence electrons. The summed E-state index contributed by atoms with van der Waals surface area (Å²) in [5.41, 5.74) is 15.3. The van der Waals surface area contributed by atoms with E-state index in [4.69, 9.17) is 13.8 Å². The van der Waals surface area contributed by atoms with Gasteiger partial charge in [0, 0.05) is 38.0 Å². The van der Waals surface area contributed by atoms with Crippen LogP contribution in [0.5, 0.6) is 0 Å². The molecule has 0 saturated heterocycles. The molecule has 4 nitrogen and oxygen atoms in total. The number of aliphatic imine (C=N–C) groups is 2. The Labute approximate surface area is 369 Å². The van der Waals surface area contributed by atoms with Crippen LogP contribution in [0.25, 0.3) is 87.7 Å². The first-order valence-corrected chi connectivity index (χ1v) is 21.7. The third-order valence-electron chi connectivity index (χ3n) is 13.6. The van der Waals surface area contributed by atoms with Crippen LogP contribution in [0.15, 0.2) is 219 Å². The molecule has 0 saturated carbocycles. The molecule has 13 rings (SSSR count). The zero-order valence-electron chi connectivity index (χ0n) is 35.0. The van der Waals surface area contributed by atoms with Crippen LogP contribution >= 0.6 is 0 Å². The number of fused-ring (bicyclic) bond motifs is 12. The topological polar surface area (TPSA) is 51.0 Å². The van der Waals surface area contributed by atoms with Crippen molar-refractivity contribution in [3.63, 3.8) is 0 Å². The van der Waals surface area contributed by atoms with Gasteiger partial charge in [-0.1, -0.05) is 170 Å². The van der Waals surface area contributed by atoms with Crippen molar-refractivity contribution in [2.45, 2.75) is 12.3 Å². The molecule has 10 aromatic carbocycles. The number of rotatable bonds is 6. The Morgan fingerprint density at radius 2 is 0.906 bits per heavy atom. The Balaban J connectivity index is 1.08. The Morgan fingerprint density at radius 3 is 1.47 bits per heavy atom. The van der Waals surface area contributed by atoms with Gasteiger partial charge in [0.25, 0.3) is 0 Å². The summed E-state index contributed by atoms with van der Waals surface area (Å²) in [6.07, 6.45) is 0. The minimum Gasteiger partial charge on any atom is -0.455 e. The van der Waals surface area contributed by atoms with Crippen LogP contribution in [0, 0.1) is 0 Å². The summed E-state index contributed by atoms with van der Waals surface area (Å²) in [5, 5.41) is 8.67. The molecule has 0 bridgehead atoms. The number of furan rings is 2. The molecular formula is C60H38N2O2. The molecule has 0 atom stereocenters. The predicted molar refractivity (Wildman–Crippen MR) is 266 cm³/mol. The van der Waals surface area contributed by atoms with Crippen molar-refractivity contribution in [3.8, 4) is 22.3 Å². The highest BCUT2D eigenvalue weighted by Crippen LogP contribution is 2.58. The average molecular weight is 819 g/mol. The molecule has 0 aliphatic heterocycles. The van der Waals surface area contributed by atoms with Crippen molar-refractivity contribution >= 4 is 89.2 Å². The third kappa shape index (κ3) is 5.05. The normalized spacial score (nSPS) is 13.4. The Kier molecular flexibility index (Phi) is 7.85. The van der Waals surface area contributed by atoms with Crippen molar-refractivity contribution in [1.29, 1.82) is 0 Å². The van der Waals surface area contributed by atoms with Crippen molar-refractivity contribution in [3.05, 3.63) is 228 Å². The fourth-order valence-corrected chi connectivity index (χ4v) is 10.8. The molecule has 0 fully saturated rings. The van der Waals surface area contributed by atoms with E-state index in [1.165, 1.54) is 33.4 Å². The lowest BCUT2D eigenvalue weighted by molar-refractivity contribution is 0.658. The van der Waals surface area contributed by atoms with Crippen molar-refractivity contribution < 1.29 is 8.83 Å². The van der Waals surface area contributed by atoms with Gasteiger partial charge in [-0.05, 0) is 99.3 Å². The van der Waals surface area contributed by atoms with Crippen LogP contribution in [0.2, 0.25) is 0 Å². The standard InChI is InChI=1S/C60H38N2O2/c1-36(62-57-48-26-12-10-22-42(48)41-21-9-11-25-47(41)56(57)61-2)37-29-31-43-44-32-30-38(34-52(44)60(51(43)33-37,39-17-5-3-6-18-39)40-19-7-4-8-20-40)55-58-49(45-23-13-15-27-53(45)63-58)35-50-46-24-14-16-28-54(46)64-59(50)55/h3-35H,2H2,1H3. The molecule has 2 aromatic heterocycles. The molecular weight excluding hydrogens is 781 g/mol. The molecule has 0 amide bonds. The predicted octanol–water partition coefficient (Wildman–Crippen LogP) is 16.3. The quantitative estimate of drug-likeness (QED) is 0.124. The van der Waals surface area contributed by atoms with E-state index < -0.39 is 5.41 Å². The SMILES string of the molecule is C=Nc1c(N=C(C)c2ccc3c(c2)C(c2ccccc2)(c2ccccc2)c2cc(-c4c5oc6ccccc6c5cc5c4oc4ccccc45)ccc2-3)c2ccccc2c2ccccc12.